The van der Waals surface area contributed by atoms with E-state index in [-0.39, 0.29) is 0 Å². The fourth-order valence-corrected chi connectivity index (χ4v) is 1.15. The minimum absolute atomic E-state index is 0.461. The molecule has 0 bridgehead atoms. The molecule has 0 atom stereocenters. The molecule has 6 heteroatoms. The van der Waals surface area contributed by atoms with Crippen LogP contribution < -0.4 is 10.9 Å². The summed E-state index contributed by atoms with van der Waals surface area (Å²) >= 11 is 0. The molecule has 2 aromatic heterocycles. The van der Waals surface area contributed by atoms with Gasteiger partial charge in [-0.25, -0.2) is 15.4 Å². The largest absolute Gasteiger partial charge is 0.255 e. The van der Waals surface area contributed by atoms with Gasteiger partial charge in [0.05, 0.1) is 11.9 Å². The Morgan fingerprint density at radius 3 is 2.71 bits per heavy atom. The van der Waals surface area contributed by atoms with Gasteiger partial charge in [0.2, 0.25) is 5.95 Å². The lowest BCUT2D eigenvalue weighted by atomic mass is 9.75. The zero-order valence-electron chi connectivity index (χ0n) is 9.41. The fraction of sp³-hybridized carbons (Fsp3) is 0.0909. The molecule has 0 aliphatic rings. The molecular weight excluding hydrogens is 213 g/mol. The van der Waals surface area contributed by atoms with Crippen molar-refractivity contribution in [3.05, 3.63) is 42.5 Å². The number of nitrogens with one attached hydrogen (secondary N) is 1. The van der Waals surface area contributed by atoms with E-state index in [1.54, 1.807) is 24.8 Å². The van der Waals surface area contributed by atoms with Crippen LogP contribution in [-0.2, 0) is 0 Å². The van der Waals surface area contributed by atoms with Crippen LogP contribution in [0, 0.1) is 0 Å². The maximum Gasteiger partial charge on any atom is 0.243 e. The summed E-state index contributed by atoms with van der Waals surface area (Å²) in [7, 11) is 1.93. The molecule has 0 saturated carbocycles. The Morgan fingerprint density at radius 1 is 1.24 bits per heavy atom. The van der Waals surface area contributed by atoms with Crippen molar-refractivity contribution in [2.45, 2.75) is 6.82 Å². The van der Waals surface area contributed by atoms with Crippen LogP contribution in [-0.4, -0.2) is 28.4 Å². The van der Waals surface area contributed by atoms with E-state index in [9.17, 15) is 0 Å². The maximum absolute atomic E-state index is 4.10. The first-order valence-corrected chi connectivity index (χ1v) is 5.20. The molecule has 17 heavy (non-hydrogen) atoms. The van der Waals surface area contributed by atoms with E-state index >= 15 is 0 Å². The van der Waals surface area contributed by atoms with Crippen molar-refractivity contribution < 1.29 is 0 Å². The van der Waals surface area contributed by atoms with Crippen molar-refractivity contribution in [1.82, 2.24) is 15.0 Å². The number of pyridine rings is 1. The van der Waals surface area contributed by atoms with Gasteiger partial charge in [-0.3, -0.25) is 4.98 Å². The smallest absolute Gasteiger partial charge is 0.243 e. The number of rotatable bonds is 4. The summed E-state index contributed by atoms with van der Waals surface area (Å²) < 4.78 is 0. The Bertz CT molecular complexity index is 483. The van der Waals surface area contributed by atoms with Crippen LogP contribution >= 0.6 is 0 Å². The Labute approximate surface area is 100 Å². The minimum atomic E-state index is 0.461. The molecule has 0 aromatic carbocycles. The molecule has 0 spiro atoms. The highest BCUT2D eigenvalue weighted by molar-refractivity contribution is 6.51. The monoisotopic (exact) mass is 224 g/mol. The van der Waals surface area contributed by atoms with E-state index < -0.39 is 0 Å². The van der Waals surface area contributed by atoms with Gasteiger partial charge in [-0.1, -0.05) is 18.4 Å². The fourth-order valence-electron chi connectivity index (χ4n) is 1.15. The van der Waals surface area contributed by atoms with E-state index in [1.165, 1.54) is 0 Å². The van der Waals surface area contributed by atoms with Crippen LogP contribution in [0.4, 0.5) is 5.95 Å². The quantitative estimate of drug-likeness (QED) is 0.471. The van der Waals surface area contributed by atoms with Crippen molar-refractivity contribution in [2.75, 3.05) is 5.43 Å². The zero-order valence-corrected chi connectivity index (χ0v) is 9.41. The van der Waals surface area contributed by atoms with E-state index in [2.05, 4.69) is 25.5 Å². The van der Waals surface area contributed by atoms with E-state index in [4.69, 9.17) is 0 Å². The Hall–Kier alpha value is -2.24. The van der Waals surface area contributed by atoms with E-state index in [1.807, 2.05) is 32.3 Å². The molecule has 0 fully saturated rings. The second kappa shape index (κ2) is 5.74. The van der Waals surface area contributed by atoms with Gasteiger partial charge in [0.15, 0.2) is 7.28 Å². The number of hydrogen-bond donors (Lipinski definition) is 1. The normalized spacial score (nSPS) is 10.4. The molecule has 2 aromatic rings. The summed E-state index contributed by atoms with van der Waals surface area (Å²) in [5.74, 6) is 0.461. The van der Waals surface area contributed by atoms with Gasteiger partial charge >= 0.3 is 0 Å². The zero-order chi connectivity index (χ0) is 11.9. The number of anilines is 1. The molecule has 2 heterocycles. The van der Waals surface area contributed by atoms with Gasteiger partial charge in [-0.2, -0.15) is 5.10 Å². The van der Waals surface area contributed by atoms with Gasteiger partial charge in [0, 0.05) is 18.6 Å². The van der Waals surface area contributed by atoms with Crippen molar-refractivity contribution in [3.8, 4) is 0 Å². The molecule has 2 rings (SSSR count). The Morgan fingerprint density at radius 2 is 2.06 bits per heavy atom. The average Bonchev–Trinajstić information content (AvgIpc) is 2.41. The van der Waals surface area contributed by atoms with Gasteiger partial charge < -0.3 is 0 Å². The average molecular weight is 224 g/mol. The number of nitrogens with zero attached hydrogens (tertiary/aromatic N) is 4. The summed E-state index contributed by atoms with van der Waals surface area (Å²) in [5, 5.41) is 3.99. The standard InChI is InChI=1S/C11H11BN5/c1-12-9-6-14-11(15-7-9)17-16-8-10-4-2-3-5-13-10/h2-8H,1H3,(H,14,15,17)/b16-8+. The maximum atomic E-state index is 4.10. The predicted octanol–water partition coefficient (Wildman–Crippen LogP) is 0.695. The highest BCUT2D eigenvalue weighted by atomic mass is 15.3. The molecule has 1 radical (unpaired) electrons. The van der Waals surface area contributed by atoms with E-state index in [0.717, 1.165) is 11.2 Å². The summed E-state index contributed by atoms with van der Waals surface area (Å²) in [4.78, 5) is 12.3. The summed E-state index contributed by atoms with van der Waals surface area (Å²) in [5.41, 5.74) is 4.49. The lowest BCUT2D eigenvalue weighted by molar-refractivity contribution is 1.13. The number of hydrogen-bond acceptors (Lipinski definition) is 5. The molecular formula is C11H11BN5. The second-order valence-electron chi connectivity index (χ2n) is 3.25. The van der Waals surface area contributed by atoms with Gasteiger partial charge in [-0.15, -0.1) is 0 Å². The molecule has 0 unspecified atom stereocenters. The molecule has 5 nitrogen and oxygen atoms in total. The first-order valence-electron chi connectivity index (χ1n) is 5.20. The third-order valence-electron chi connectivity index (χ3n) is 2.05. The highest BCUT2D eigenvalue weighted by Crippen LogP contribution is 1.93. The third kappa shape index (κ3) is 3.37. The Kier molecular flexibility index (Phi) is 3.80. The number of aromatic nitrogens is 3. The third-order valence-corrected chi connectivity index (χ3v) is 2.05. The van der Waals surface area contributed by atoms with Crippen molar-refractivity contribution >= 4 is 24.9 Å². The lowest BCUT2D eigenvalue weighted by Gasteiger charge is -1.98. The summed E-state index contributed by atoms with van der Waals surface area (Å²) in [6, 6.07) is 5.62. The molecule has 0 saturated heterocycles. The molecule has 0 aliphatic heterocycles. The molecule has 0 aliphatic carbocycles. The molecule has 0 amide bonds. The summed E-state index contributed by atoms with van der Waals surface area (Å²) in [6.45, 7) is 1.94. The predicted molar refractivity (Wildman–Crippen MR) is 68.7 cm³/mol. The summed E-state index contributed by atoms with van der Waals surface area (Å²) in [6.07, 6.45) is 6.78. The van der Waals surface area contributed by atoms with Gasteiger partial charge in [0.1, 0.15) is 0 Å². The van der Waals surface area contributed by atoms with Gasteiger partial charge in [-0.05, 0) is 12.1 Å². The SMILES string of the molecule is C[B]c1cnc(N/N=C/c2ccccn2)nc1. The lowest BCUT2D eigenvalue weighted by Crippen LogP contribution is -2.13. The first-order chi connectivity index (χ1) is 8.38. The van der Waals surface area contributed by atoms with Crippen LogP contribution in [0.25, 0.3) is 0 Å². The van der Waals surface area contributed by atoms with Crippen LogP contribution in [0.3, 0.4) is 0 Å². The van der Waals surface area contributed by atoms with Crippen LogP contribution in [0.15, 0.2) is 41.9 Å². The topological polar surface area (TPSA) is 63.1 Å². The minimum Gasteiger partial charge on any atom is -0.255 e. The van der Waals surface area contributed by atoms with Crippen molar-refractivity contribution in [1.29, 1.82) is 0 Å². The highest BCUT2D eigenvalue weighted by Gasteiger charge is 1.94. The van der Waals surface area contributed by atoms with Crippen LogP contribution in [0.1, 0.15) is 5.69 Å². The van der Waals surface area contributed by atoms with Crippen LogP contribution in [0.2, 0.25) is 6.82 Å². The first kappa shape index (κ1) is 11.3. The van der Waals surface area contributed by atoms with Crippen molar-refractivity contribution in [3.63, 3.8) is 0 Å². The van der Waals surface area contributed by atoms with E-state index in [0.29, 0.717) is 5.95 Å². The molecule has 1 N–H and O–H groups in total. The Balaban J connectivity index is 1.95. The van der Waals surface area contributed by atoms with Gasteiger partial charge in [0.25, 0.3) is 0 Å². The van der Waals surface area contributed by atoms with Crippen LogP contribution in [0.5, 0.6) is 0 Å². The van der Waals surface area contributed by atoms with Crippen molar-refractivity contribution in [2.24, 2.45) is 5.10 Å². The number of hydrazone groups is 1. The molecule has 83 valence electrons. The second-order valence-corrected chi connectivity index (χ2v) is 3.25.